The van der Waals surface area contributed by atoms with Gasteiger partial charge in [-0.1, -0.05) is 23.7 Å². The second-order valence-electron chi connectivity index (χ2n) is 6.28. The molecule has 120 valence electrons. The lowest BCUT2D eigenvalue weighted by Gasteiger charge is -2.43. The van der Waals surface area contributed by atoms with Crippen LogP contribution in [0, 0.1) is 0 Å². The van der Waals surface area contributed by atoms with E-state index in [4.69, 9.17) is 11.6 Å². The number of carbonyl (C=O) groups is 1. The summed E-state index contributed by atoms with van der Waals surface area (Å²) in [7, 11) is 0. The first-order valence-electron chi connectivity index (χ1n) is 8.05. The quantitative estimate of drug-likeness (QED) is 0.941. The highest BCUT2D eigenvalue weighted by molar-refractivity contribution is 6.30. The molecule has 2 aliphatic heterocycles. The maximum absolute atomic E-state index is 12.5. The first-order chi connectivity index (χ1) is 11.2. The number of halogens is 1. The monoisotopic (exact) mass is 330 g/mol. The van der Waals surface area contributed by atoms with Crippen molar-refractivity contribution < 1.29 is 4.79 Å². The van der Waals surface area contributed by atoms with Crippen LogP contribution in [-0.2, 0) is 0 Å². The fourth-order valence-electron chi connectivity index (χ4n) is 3.36. The molecule has 1 amide bonds. The molecule has 1 aromatic carbocycles. The topological polar surface area (TPSA) is 52.2 Å². The van der Waals surface area contributed by atoms with Gasteiger partial charge in [0.15, 0.2) is 0 Å². The summed E-state index contributed by atoms with van der Waals surface area (Å²) in [5, 5.41) is 7.77. The van der Waals surface area contributed by atoms with Crippen molar-refractivity contribution in [3.8, 4) is 11.3 Å². The standard InChI is InChI=1S/C17H19ClN4O/c18-13-5-3-4-12(8-13)15-9-16(20-19-15)17(23)22-10-14(11-22)21-6-1-2-7-21/h3-5,8-9,14H,1-2,6-7,10-11H2,(H,19,20). The SMILES string of the molecule is O=C(c1cc(-c2cccc(Cl)c2)n[nH]1)N1CC(N2CCCC2)C1. The fraction of sp³-hybridized carbons (Fsp3) is 0.412. The van der Waals surface area contributed by atoms with E-state index in [2.05, 4.69) is 15.1 Å². The molecule has 0 radical (unpaired) electrons. The minimum atomic E-state index is 0.0289. The molecule has 0 atom stereocenters. The highest BCUT2D eigenvalue weighted by atomic mass is 35.5. The van der Waals surface area contributed by atoms with Crippen molar-refractivity contribution in [1.82, 2.24) is 20.0 Å². The lowest BCUT2D eigenvalue weighted by Crippen LogP contribution is -2.60. The first kappa shape index (κ1) is 14.7. The Labute approximate surface area is 140 Å². The van der Waals surface area contributed by atoms with E-state index in [0.717, 1.165) is 24.3 Å². The maximum atomic E-state index is 12.5. The van der Waals surface area contributed by atoms with Gasteiger partial charge in [-0.05, 0) is 44.1 Å². The number of rotatable bonds is 3. The molecule has 0 unspecified atom stereocenters. The number of likely N-dealkylation sites (tertiary alicyclic amines) is 2. The predicted molar refractivity (Wildman–Crippen MR) is 89.5 cm³/mol. The summed E-state index contributed by atoms with van der Waals surface area (Å²) in [6.45, 7) is 4.00. The number of carbonyl (C=O) groups excluding carboxylic acids is 1. The molecule has 1 N–H and O–H groups in total. The van der Waals surface area contributed by atoms with E-state index in [0.29, 0.717) is 16.8 Å². The Kier molecular flexibility index (Phi) is 3.83. The van der Waals surface area contributed by atoms with Crippen LogP contribution in [0.3, 0.4) is 0 Å². The average molecular weight is 331 g/mol. The van der Waals surface area contributed by atoms with Gasteiger partial charge in [0.2, 0.25) is 0 Å². The first-order valence-corrected chi connectivity index (χ1v) is 8.43. The smallest absolute Gasteiger partial charge is 0.271 e. The molecule has 6 heteroatoms. The number of amides is 1. The lowest BCUT2D eigenvalue weighted by atomic mass is 10.1. The van der Waals surface area contributed by atoms with Crippen molar-refractivity contribution in [2.45, 2.75) is 18.9 Å². The summed E-state index contributed by atoms with van der Waals surface area (Å²) in [5.41, 5.74) is 2.19. The van der Waals surface area contributed by atoms with Crippen LogP contribution >= 0.6 is 11.6 Å². The van der Waals surface area contributed by atoms with Crippen molar-refractivity contribution >= 4 is 17.5 Å². The largest absolute Gasteiger partial charge is 0.334 e. The lowest BCUT2D eigenvalue weighted by molar-refractivity contribution is 0.0329. The van der Waals surface area contributed by atoms with E-state index in [1.165, 1.54) is 25.9 Å². The van der Waals surface area contributed by atoms with Crippen LogP contribution < -0.4 is 0 Å². The molecule has 2 saturated heterocycles. The van der Waals surface area contributed by atoms with E-state index in [1.807, 2.05) is 29.2 Å². The van der Waals surface area contributed by atoms with Crippen molar-refractivity contribution in [2.24, 2.45) is 0 Å². The molecule has 5 nitrogen and oxygen atoms in total. The average Bonchev–Trinajstić information content (AvgIpc) is 3.17. The summed E-state index contributed by atoms with van der Waals surface area (Å²) in [6.07, 6.45) is 2.57. The van der Waals surface area contributed by atoms with E-state index in [9.17, 15) is 4.79 Å². The number of hydrogen-bond acceptors (Lipinski definition) is 3. The molecule has 0 saturated carbocycles. The molecule has 0 bridgehead atoms. The van der Waals surface area contributed by atoms with Crippen molar-refractivity contribution in [3.05, 3.63) is 41.0 Å². The number of benzene rings is 1. The van der Waals surface area contributed by atoms with Gasteiger partial charge in [0, 0.05) is 29.7 Å². The van der Waals surface area contributed by atoms with Gasteiger partial charge in [-0.3, -0.25) is 14.8 Å². The van der Waals surface area contributed by atoms with Gasteiger partial charge in [0.1, 0.15) is 5.69 Å². The highest BCUT2D eigenvalue weighted by Gasteiger charge is 2.36. The van der Waals surface area contributed by atoms with E-state index in [-0.39, 0.29) is 5.91 Å². The predicted octanol–water partition coefficient (Wildman–Crippen LogP) is 2.65. The fourth-order valence-corrected chi connectivity index (χ4v) is 3.55. The molecule has 4 rings (SSSR count). The summed E-state index contributed by atoms with van der Waals surface area (Å²) in [6, 6.07) is 9.82. The van der Waals surface area contributed by atoms with E-state index in [1.54, 1.807) is 6.07 Å². The van der Waals surface area contributed by atoms with Crippen LogP contribution in [0.15, 0.2) is 30.3 Å². The van der Waals surface area contributed by atoms with Crippen LogP contribution in [0.25, 0.3) is 11.3 Å². The van der Waals surface area contributed by atoms with Crippen molar-refractivity contribution in [2.75, 3.05) is 26.2 Å². The van der Waals surface area contributed by atoms with Gasteiger partial charge in [-0.15, -0.1) is 0 Å². The molecular formula is C17H19ClN4O. The number of nitrogens with zero attached hydrogens (tertiary/aromatic N) is 3. The number of H-pyrrole nitrogens is 1. The molecule has 1 aromatic heterocycles. The van der Waals surface area contributed by atoms with Gasteiger partial charge in [-0.25, -0.2) is 0 Å². The summed E-state index contributed by atoms with van der Waals surface area (Å²) in [4.78, 5) is 16.9. The summed E-state index contributed by atoms with van der Waals surface area (Å²) >= 11 is 6.01. The molecule has 3 heterocycles. The Morgan fingerprint density at radius 1 is 1.22 bits per heavy atom. The normalized spacial score (nSPS) is 19.1. The zero-order valence-electron chi connectivity index (χ0n) is 12.8. The zero-order chi connectivity index (χ0) is 15.8. The molecule has 2 fully saturated rings. The molecule has 0 spiro atoms. The number of nitrogens with one attached hydrogen (secondary N) is 1. The Hall–Kier alpha value is -1.85. The van der Waals surface area contributed by atoms with Gasteiger partial charge in [0.25, 0.3) is 5.91 Å². The number of aromatic nitrogens is 2. The minimum absolute atomic E-state index is 0.0289. The van der Waals surface area contributed by atoms with Crippen LogP contribution in [-0.4, -0.2) is 58.1 Å². The highest BCUT2D eigenvalue weighted by Crippen LogP contribution is 2.24. The Morgan fingerprint density at radius 2 is 2.00 bits per heavy atom. The Bertz CT molecular complexity index is 717. The number of hydrogen-bond donors (Lipinski definition) is 1. The second-order valence-corrected chi connectivity index (χ2v) is 6.72. The van der Waals surface area contributed by atoms with Crippen molar-refractivity contribution in [3.63, 3.8) is 0 Å². The zero-order valence-corrected chi connectivity index (χ0v) is 13.6. The van der Waals surface area contributed by atoms with Crippen LogP contribution in [0.4, 0.5) is 0 Å². The third kappa shape index (κ3) is 2.86. The molecule has 2 aromatic rings. The molecule has 23 heavy (non-hydrogen) atoms. The molecule has 0 aliphatic carbocycles. The maximum Gasteiger partial charge on any atom is 0.271 e. The summed E-state index contributed by atoms with van der Waals surface area (Å²) in [5.74, 6) is 0.0289. The van der Waals surface area contributed by atoms with Gasteiger partial charge in [-0.2, -0.15) is 5.10 Å². The van der Waals surface area contributed by atoms with Crippen LogP contribution in [0.2, 0.25) is 5.02 Å². The third-order valence-electron chi connectivity index (χ3n) is 4.74. The van der Waals surface area contributed by atoms with Crippen molar-refractivity contribution in [1.29, 1.82) is 0 Å². The molecular weight excluding hydrogens is 312 g/mol. The summed E-state index contributed by atoms with van der Waals surface area (Å²) < 4.78 is 0. The third-order valence-corrected chi connectivity index (χ3v) is 4.97. The van der Waals surface area contributed by atoms with E-state index >= 15 is 0 Å². The van der Waals surface area contributed by atoms with E-state index < -0.39 is 0 Å². The molecule has 2 aliphatic rings. The number of aromatic amines is 1. The van der Waals surface area contributed by atoms with Crippen LogP contribution in [0.1, 0.15) is 23.3 Å². The Morgan fingerprint density at radius 3 is 2.74 bits per heavy atom. The van der Waals surface area contributed by atoms with Gasteiger partial charge >= 0.3 is 0 Å². The van der Waals surface area contributed by atoms with Gasteiger partial charge < -0.3 is 4.90 Å². The minimum Gasteiger partial charge on any atom is -0.334 e. The van der Waals surface area contributed by atoms with Crippen LogP contribution in [0.5, 0.6) is 0 Å². The Balaban J connectivity index is 1.42. The van der Waals surface area contributed by atoms with Gasteiger partial charge in [0.05, 0.1) is 5.69 Å². The second kappa shape index (κ2) is 5.98.